The van der Waals surface area contributed by atoms with Crippen molar-refractivity contribution in [3.05, 3.63) is 45.8 Å². The second-order valence-corrected chi connectivity index (χ2v) is 4.47. The van der Waals surface area contributed by atoms with E-state index in [1.165, 1.54) is 17.0 Å². The van der Waals surface area contributed by atoms with Gasteiger partial charge in [-0.25, -0.2) is 8.78 Å². The molecule has 0 aromatic heterocycles. The SMILES string of the molecule is [N-]=[N+]=NCC1CC(=O)N(Cc2cccc(F)c2F)C1. The van der Waals surface area contributed by atoms with Crippen LogP contribution in [0.15, 0.2) is 23.3 Å². The van der Waals surface area contributed by atoms with E-state index in [4.69, 9.17) is 5.53 Å². The van der Waals surface area contributed by atoms with E-state index >= 15 is 0 Å². The standard InChI is InChI=1S/C12H12F2N4O/c13-10-3-1-2-9(12(10)14)7-18-6-8(4-11(18)19)5-16-17-15/h1-3,8H,4-7H2. The van der Waals surface area contributed by atoms with Gasteiger partial charge in [0.15, 0.2) is 11.6 Å². The fraction of sp³-hybridized carbons (Fsp3) is 0.417. The molecule has 100 valence electrons. The van der Waals surface area contributed by atoms with E-state index in [0.717, 1.165) is 6.07 Å². The van der Waals surface area contributed by atoms with E-state index in [-0.39, 0.29) is 36.9 Å². The topological polar surface area (TPSA) is 69.1 Å². The molecule has 0 saturated carbocycles. The maximum atomic E-state index is 13.5. The van der Waals surface area contributed by atoms with Crippen LogP contribution in [0.5, 0.6) is 0 Å². The fourth-order valence-electron chi connectivity index (χ4n) is 2.16. The first-order valence-electron chi connectivity index (χ1n) is 5.83. The highest BCUT2D eigenvalue weighted by molar-refractivity contribution is 5.78. The molecule has 1 aliphatic rings. The highest BCUT2D eigenvalue weighted by Crippen LogP contribution is 2.22. The summed E-state index contributed by atoms with van der Waals surface area (Å²) in [5, 5.41) is 3.43. The Balaban J connectivity index is 2.05. The average Bonchev–Trinajstić information content (AvgIpc) is 2.73. The van der Waals surface area contributed by atoms with E-state index in [0.29, 0.717) is 6.54 Å². The Morgan fingerprint density at radius 3 is 3.00 bits per heavy atom. The number of amides is 1. The van der Waals surface area contributed by atoms with Gasteiger partial charge in [0, 0.05) is 36.5 Å². The van der Waals surface area contributed by atoms with Crippen LogP contribution in [0.4, 0.5) is 8.78 Å². The molecule has 1 atom stereocenters. The molecule has 1 heterocycles. The zero-order chi connectivity index (χ0) is 13.8. The highest BCUT2D eigenvalue weighted by Gasteiger charge is 2.29. The summed E-state index contributed by atoms with van der Waals surface area (Å²) in [5.74, 6) is -2.04. The molecule has 2 rings (SSSR count). The molecule has 1 aliphatic heterocycles. The van der Waals surface area contributed by atoms with Gasteiger partial charge in [0.1, 0.15) is 0 Å². The minimum atomic E-state index is -0.922. The predicted molar refractivity (Wildman–Crippen MR) is 63.9 cm³/mol. The van der Waals surface area contributed by atoms with Crippen LogP contribution >= 0.6 is 0 Å². The smallest absolute Gasteiger partial charge is 0.223 e. The lowest BCUT2D eigenvalue weighted by Crippen LogP contribution is -2.25. The van der Waals surface area contributed by atoms with Crippen LogP contribution in [0.3, 0.4) is 0 Å². The Morgan fingerprint density at radius 2 is 2.26 bits per heavy atom. The van der Waals surface area contributed by atoms with E-state index in [1.807, 2.05) is 0 Å². The Labute approximate surface area is 108 Å². The van der Waals surface area contributed by atoms with E-state index in [9.17, 15) is 13.6 Å². The lowest BCUT2D eigenvalue weighted by atomic mass is 10.1. The molecule has 1 amide bonds. The van der Waals surface area contributed by atoms with Crippen molar-refractivity contribution in [3.63, 3.8) is 0 Å². The molecule has 0 bridgehead atoms. The van der Waals surface area contributed by atoms with Crippen molar-refractivity contribution in [1.82, 2.24) is 4.90 Å². The maximum absolute atomic E-state index is 13.5. The van der Waals surface area contributed by atoms with Gasteiger partial charge in [0.2, 0.25) is 5.91 Å². The summed E-state index contributed by atoms with van der Waals surface area (Å²) in [6.07, 6.45) is 0.274. The molecular formula is C12H12F2N4O. The first kappa shape index (κ1) is 13.3. The number of carbonyl (C=O) groups excluding carboxylic acids is 1. The van der Waals surface area contributed by atoms with Gasteiger partial charge in [-0.1, -0.05) is 17.2 Å². The Morgan fingerprint density at radius 1 is 1.47 bits per heavy atom. The fourth-order valence-corrected chi connectivity index (χ4v) is 2.16. The van der Waals surface area contributed by atoms with Crippen molar-refractivity contribution in [2.75, 3.05) is 13.1 Å². The van der Waals surface area contributed by atoms with Crippen molar-refractivity contribution < 1.29 is 13.6 Å². The second-order valence-electron chi connectivity index (χ2n) is 4.47. The monoisotopic (exact) mass is 266 g/mol. The second kappa shape index (κ2) is 5.67. The third kappa shape index (κ3) is 3.00. The van der Waals surface area contributed by atoms with Gasteiger partial charge in [-0.3, -0.25) is 4.79 Å². The number of halogens is 2. The molecule has 0 spiro atoms. The molecule has 0 aliphatic carbocycles. The Hall–Kier alpha value is -2.14. The summed E-state index contributed by atoms with van der Waals surface area (Å²) < 4.78 is 26.6. The number of nitrogens with zero attached hydrogens (tertiary/aromatic N) is 4. The molecule has 1 saturated heterocycles. The zero-order valence-corrected chi connectivity index (χ0v) is 10.1. The van der Waals surface area contributed by atoms with Crippen molar-refractivity contribution in [3.8, 4) is 0 Å². The maximum Gasteiger partial charge on any atom is 0.223 e. The number of carbonyl (C=O) groups is 1. The Kier molecular flexibility index (Phi) is 3.97. The van der Waals surface area contributed by atoms with Gasteiger partial charge in [-0.15, -0.1) is 0 Å². The minimum Gasteiger partial charge on any atom is -0.338 e. The summed E-state index contributed by atoms with van der Waals surface area (Å²) in [5.41, 5.74) is 8.38. The van der Waals surface area contributed by atoms with Gasteiger partial charge in [0.25, 0.3) is 0 Å². The van der Waals surface area contributed by atoms with E-state index < -0.39 is 11.6 Å². The summed E-state index contributed by atoms with van der Waals surface area (Å²) in [6, 6.07) is 3.90. The number of benzene rings is 1. The molecule has 0 N–H and O–H groups in total. The van der Waals surface area contributed by atoms with Gasteiger partial charge < -0.3 is 4.90 Å². The number of rotatable bonds is 4. The summed E-state index contributed by atoms with van der Waals surface area (Å²) in [7, 11) is 0. The first-order chi connectivity index (χ1) is 9.11. The van der Waals surface area contributed by atoms with Crippen molar-refractivity contribution in [1.29, 1.82) is 0 Å². The lowest BCUT2D eigenvalue weighted by Gasteiger charge is -2.16. The van der Waals surface area contributed by atoms with Crippen LogP contribution in [0, 0.1) is 17.6 Å². The number of hydrogen-bond donors (Lipinski definition) is 0. The Bertz CT molecular complexity index is 543. The minimum absolute atomic E-state index is 0.0369. The third-order valence-electron chi connectivity index (χ3n) is 3.09. The highest BCUT2D eigenvalue weighted by atomic mass is 19.2. The van der Waals surface area contributed by atoms with Crippen molar-refractivity contribution in [2.24, 2.45) is 11.0 Å². The molecule has 0 radical (unpaired) electrons. The average molecular weight is 266 g/mol. The number of azide groups is 1. The number of hydrogen-bond acceptors (Lipinski definition) is 2. The molecule has 1 aromatic rings. The van der Waals surface area contributed by atoms with Crippen LogP contribution in [0.25, 0.3) is 10.4 Å². The summed E-state index contributed by atoms with van der Waals surface area (Å²) in [4.78, 5) is 15.8. The van der Waals surface area contributed by atoms with Crippen LogP contribution in [0.1, 0.15) is 12.0 Å². The van der Waals surface area contributed by atoms with Gasteiger partial charge in [-0.05, 0) is 17.5 Å². The quantitative estimate of drug-likeness (QED) is 0.469. The van der Waals surface area contributed by atoms with Gasteiger partial charge >= 0.3 is 0 Å². The van der Waals surface area contributed by atoms with Crippen molar-refractivity contribution >= 4 is 5.91 Å². The van der Waals surface area contributed by atoms with Gasteiger partial charge in [0.05, 0.1) is 0 Å². The van der Waals surface area contributed by atoms with Crippen molar-refractivity contribution in [2.45, 2.75) is 13.0 Å². The number of likely N-dealkylation sites (tertiary alicyclic amines) is 1. The lowest BCUT2D eigenvalue weighted by molar-refractivity contribution is -0.128. The molecule has 5 nitrogen and oxygen atoms in total. The zero-order valence-electron chi connectivity index (χ0n) is 10.1. The van der Waals surface area contributed by atoms with Gasteiger partial charge in [-0.2, -0.15) is 0 Å². The van der Waals surface area contributed by atoms with Crippen LogP contribution in [-0.4, -0.2) is 23.9 Å². The van der Waals surface area contributed by atoms with E-state index in [1.54, 1.807) is 0 Å². The third-order valence-corrected chi connectivity index (χ3v) is 3.09. The molecule has 1 fully saturated rings. The molecule has 7 heteroatoms. The first-order valence-corrected chi connectivity index (χ1v) is 5.83. The summed E-state index contributed by atoms with van der Waals surface area (Å²) in [6.45, 7) is 0.674. The molecule has 1 aromatic carbocycles. The van der Waals surface area contributed by atoms with Crippen LogP contribution in [0.2, 0.25) is 0 Å². The normalized spacial score (nSPS) is 18.5. The van der Waals surface area contributed by atoms with Crippen LogP contribution in [-0.2, 0) is 11.3 Å². The molecule has 1 unspecified atom stereocenters. The summed E-state index contributed by atoms with van der Waals surface area (Å²) >= 11 is 0. The predicted octanol–water partition coefficient (Wildman–Crippen LogP) is 2.62. The van der Waals surface area contributed by atoms with Crippen LogP contribution < -0.4 is 0 Å². The molecule has 19 heavy (non-hydrogen) atoms. The molecular weight excluding hydrogens is 254 g/mol. The largest absolute Gasteiger partial charge is 0.338 e. The van der Waals surface area contributed by atoms with E-state index in [2.05, 4.69) is 10.0 Å².